The molecule has 1 aromatic rings. The van der Waals surface area contributed by atoms with Gasteiger partial charge in [0.1, 0.15) is 6.04 Å². The zero-order valence-corrected chi connectivity index (χ0v) is 11.8. The van der Waals surface area contributed by atoms with Crippen molar-refractivity contribution in [3.05, 3.63) is 35.4 Å². The molecule has 19 heavy (non-hydrogen) atoms. The molecule has 2 atom stereocenters. The van der Waals surface area contributed by atoms with Crippen molar-refractivity contribution in [2.75, 3.05) is 6.54 Å². The first-order chi connectivity index (χ1) is 9.15. The van der Waals surface area contributed by atoms with Crippen molar-refractivity contribution in [1.29, 1.82) is 0 Å². The second-order valence-electron chi connectivity index (χ2n) is 5.39. The minimum atomic E-state index is -0.727. The molecule has 1 aromatic carbocycles. The summed E-state index contributed by atoms with van der Waals surface area (Å²) in [5, 5.41) is 9.68. The molecule has 2 unspecified atom stereocenters. The van der Waals surface area contributed by atoms with Gasteiger partial charge in [-0.3, -0.25) is 9.69 Å². The predicted octanol–water partition coefficient (Wildman–Crippen LogP) is 3.39. The molecule has 0 amide bonds. The van der Waals surface area contributed by atoms with Crippen LogP contribution in [0.2, 0.25) is 0 Å². The summed E-state index contributed by atoms with van der Waals surface area (Å²) < 4.78 is 0. The molecule has 104 valence electrons. The Bertz CT molecular complexity index is 444. The minimum absolute atomic E-state index is 0.398. The van der Waals surface area contributed by atoms with E-state index in [-0.39, 0.29) is 0 Å². The molecule has 0 aromatic heterocycles. The second kappa shape index (κ2) is 6.20. The summed E-state index contributed by atoms with van der Waals surface area (Å²) in [5.74, 6) is -0.727. The maximum atomic E-state index is 11.8. The highest BCUT2D eigenvalue weighted by Gasteiger charge is 2.34. The molecule has 2 rings (SSSR count). The molecule has 3 heteroatoms. The zero-order chi connectivity index (χ0) is 13.8. The van der Waals surface area contributed by atoms with E-state index in [0.717, 1.165) is 36.9 Å². The Hall–Kier alpha value is -1.35. The molecule has 1 fully saturated rings. The van der Waals surface area contributed by atoms with E-state index in [1.165, 1.54) is 6.42 Å². The van der Waals surface area contributed by atoms with Crippen molar-refractivity contribution in [1.82, 2.24) is 4.90 Å². The van der Waals surface area contributed by atoms with E-state index in [1.54, 1.807) is 0 Å². The molecule has 0 spiro atoms. The fraction of sp³-hybridized carbons (Fsp3) is 0.562. The molecule has 0 bridgehead atoms. The van der Waals surface area contributed by atoms with Crippen molar-refractivity contribution < 1.29 is 9.90 Å². The number of aryl methyl sites for hydroxylation is 1. The lowest BCUT2D eigenvalue weighted by Gasteiger charge is -2.39. The Morgan fingerprint density at radius 2 is 2.16 bits per heavy atom. The summed E-state index contributed by atoms with van der Waals surface area (Å²) >= 11 is 0. The molecule has 1 aliphatic heterocycles. The van der Waals surface area contributed by atoms with Gasteiger partial charge in [-0.05, 0) is 43.9 Å². The molecule has 1 saturated heterocycles. The summed E-state index contributed by atoms with van der Waals surface area (Å²) in [7, 11) is 0. The third-order valence-electron chi connectivity index (χ3n) is 4.19. The summed E-state index contributed by atoms with van der Waals surface area (Å²) in [6.07, 6.45) is 4.46. The summed E-state index contributed by atoms with van der Waals surface area (Å²) in [6, 6.07) is 7.75. The van der Waals surface area contributed by atoms with E-state index >= 15 is 0 Å². The van der Waals surface area contributed by atoms with Crippen LogP contribution in [0.15, 0.2) is 24.3 Å². The molecule has 0 radical (unpaired) electrons. The lowest BCUT2D eigenvalue weighted by Crippen LogP contribution is -2.44. The van der Waals surface area contributed by atoms with Gasteiger partial charge in [0, 0.05) is 6.04 Å². The van der Waals surface area contributed by atoms with Crippen LogP contribution in [0.4, 0.5) is 0 Å². The van der Waals surface area contributed by atoms with Crippen LogP contribution in [0.5, 0.6) is 0 Å². The van der Waals surface area contributed by atoms with Crippen LogP contribution in [-0.4, -0.2) is 28.6 Å². The number of benzene rings is 1. The van der Waals surface area contributed by atoms with Crippen LogP contribution in [0.25, 0.3) is 0 Å². The number of hydrogen-bond donors (Lipinski definition) is 1. The average Bonchev–Trinajstić information content (AvgIpc) is 2.41. The van der Waals surface area contributed by atoms with Gasteiger partial charge in [-0.1, -0.05) is 37.6 Å². The number of aliphatic carboxylic acids is 1. The van der Waals surface area contributed by atoms with Gasteiger partial charge in [-0.15, -0.1) is 0 Å². The van der Waals surface area contributed by atoms with Gasteiger partial charge >= 0.3 is 5.97 Å². The number of likely N-dealkylation sites (tertiary alicyclic amines) is 1. The lowest BCUT2D eigenvalue weighted by molar-refractivity contribution is -0.145. The Morgan fingerprint density at radius 1 is 1.42 bits per heavy atom. The fourth-order valence-corrected chi connectivity index (χ4v) is 3.15. The van der Waals surface area contributed by atoms with Crippen LogP contribution in [0.3, 0.4) is 0 Å². The Labute approximate surface area is 115 Å². The Morgan fingerprint density at radius 3 is 2.79 bits per heavy atom. The second-order valence-corrected chi connectivity index (χ2v) is 5.39. The third-order valence-corrected chi connectivity index (χ3v) is 4.19. The standard InChI is InChI=1S/C16H23NO2/c1-3-13-9-6-7-11-17(13)15(16(18)19)14-10-5-4-8-12(14)2/h4-5,8,10,13,15H,3,6-7,9,11H2,1-2H3,(H,18,19). The highest BCUT2D eigenvalue weighted by Crippen LogP contribution is 2.31. The fourth-order valence-electron chi connectivity index (χ4n) is 3.15. The van der Waals surface area contributed by atoms with Gasteiger partial charge in [0.15, 0.2) is 0 Å². The molecular weight excluding hydrogens is 238 g/mol. The van der Waals surface area contributed by atoms with E-state index < -0.39 is 12.0 Å². The van der Waals surface area contributed by atoms with E-state index in [4.69, 9.17) is 0 Å². The summed E-state index contributed by atoms with van der Waals surface area (Å²) in [5.41, 5.74) is 2.01. The number of hydrogen-bond acceptors (Lipinski definition) is 2. The normalized spacial score (nSPS) is 22.1. The number of carbonyl (C=O) groups is 1. The minimum Gasteiger partial charge on any atom is -0.480 e. The SMILES string of the molecule is CCC1CCCCN1C(C(=O)O)c1ccccc1C. The summed E-state index contributed by atoms with van der Waals surface area (Å²) in [6.45, 7) is 5.04. The number of carboxylic acid groups (broad SMARTS) is 1. The van der Waals surface area contributed by atoms with Crippen LogP contribution in [0, 0.1) is 6.92 Å². The zero-order valence-electron chi connectivity index (χ0n) is 11.8. The van der Waals surface area contributed by atoms with Gasteiger partial charge in [-0.25, -0.2) is 0 Å². The van der Waals surface area contributed by atoms with Gasteiger partial charge in [-0.2, -0.15) is 0 Å². The highest BCUT2D eigenvalue weighted by molar-refractivity contribution is 5.76. The first-order valence-electron chi connectivity index (χ1n) is 7.19. The molecule has 1 heterocycles. The molecule has 3 nitrogen and oxygen atoms in total. The van der Waals surface area contributed by atoms with Gasteiger partial charge in [0.25, 0.3) is 0 Å². The van der Waals surface area contributed by atoms with Gasteiger partial charge < -0.3 is 5.11 Å². The van der Waals surface area contributed by atoms with Crippen molar-refractivity contribution in [2.45, 2.75) is 51.6 Å². The molecule has 1 aliphatic rings. The molecular formula is C16H23NO2. The van der Waals surface area contributed by atoms with Crippen LogP contribution >= 0.6 is 0 Å². The Balaban J connectivity index is 2.34. The van der Waals surface area contributed by atoms with Crippen molar-refractivity contribution in [3.8, 4) is 0 Å². The third kappa shape index (κ3) is 2.98. The molecule has 0 saturated carbocycles. The lowest BCUT2D eigenvalue weighted by atomic mass is 9.93. The van der Waals surface area contributed by atoms with E-state index in [0.29, 0.717) is 6.04 Å². The van der Waals surface area contributed by atoms with Gasteiger partial charge in [0.05, 0.1) is 0 Å². The van der Waals surface area contributed by atoms with Gasteiger partial charge in [0.2, 0.25) is 0 Å². The molecule has 0 aliphatic carbocycles. The average molecular weight is 261 g/mol. The van der Waals surface area contributed by atoms with Crippen LogP contribution in [-0.2, 0) is 4.79 Å². The van der Waals surface area contributed by atoms with Crippen LogP contribution in [0.1, 0.15) is 49.8 Å². The first-order valence-corrected chi connectivity index (χ1v) is 7.19. The number of rotatable bonds is 4. The van der Waals surface area contributed by atoms with E-state index in [2.05, 4.69) is 11.8 Å². The number of nitrogens with zero attached hydrogens (tertiary/aromatic N) is 1. The largest absolute Gasteiger partial charge is 0.480 e. The van der Waals surface area contributed by atoms with Crippen molar-refractivity contribution >= 4 is 5.97 Å². The summed E-state index contributed by atoms with van der Waals surface area (Å²) in [4.78, 5) is 14.0. The topological polar surface area (TPSA) is 40.5 Å². The van der Waals surface area contributed by atoms with Crippen molar-refractivity contribution in [3.63, 3.8) is 0 Å². The highest BCUT2D eigenvalue weighted by atomic mass is 16.4. The maximum absolute atomic E-state index is 11.8. The number of piperidine rings is 1. The van der Waals surface area contributed by atoms with E-state index in [1.807, 2.05) is 31.2 Å². The first kappa shape index (κ1) is 14.1. The Kier molecular flexibility index (Phi) is 4.59. The smallest absolute Gasteiger partial charge is 0.325 e. The maximum Gasteiger partial charge on any atom is 0.325 e. The quantitative estimate of drug-likeness (QED) is 0.903. The van der Waals surface area contributed by atoms with E-state index in [9.17, 15) is 9.90 Å². The predicted molar refractivity (Wildman–Crippen MR) is 76.2 cm³/mol. The van der Waals surface area contributed by atoms with Crippen LogP contribution < -0.4 is 0 Å². The molecule has 1 N–H and O–H groups in total. The monoisotopic (exact) mass is 261 g/mol. The number of carboxylic acids is 1. The van der Waals surface area contributed by atoms with Crippen molar-refractivity contribution in [2.24, 2.45) is 0 Å².